The van der Waals surface area contributed by atoms with Crippen LogP contribution in [0, 0.1) is 26.7 Å². The van der Waals surface area contributed by atoms with Crippen molar-refractivity contribution in [2.24, 2.45) is 11.7 Å². The molecule has 152 valence electrons. The molecule has 0 aliphatic heterocycles. The van der Waals surface area contributed by atoms with Crippen LogP contribution in [0.25, 0.3) is 0 Å². The van der Waals surface area contributed by atoms with E-state index in [1.54, 1.807) is 26.0 Å². The maximum atomic E-state index is 12.6. The summed E-state index contributed by atoms with van der Waals surface area (Å²) in [7, 11) is -3.95. The van der Waals surface area contributed by atoms with Gasteiger partial charge in [-0.3, -0.25) is 10.2 Å². The van der Waals surface area contributed by atoms with E-state index in [2.05, 4.69) is 10.3 Å². The van der Waals surface area contributed by atoms with Gasteiger partial charge < -0.3 is 10.8 Å². The Morgan fingerprint density at radius 3 is 2.30 bits per heavy atom. The Balaban J connectivity index is 1.97. The maximum absolute atomic E-state index is 12.6. The molecule has 8 heteroatoms. The molecule has 0 saturated heterocycles. The third kappa shape index (κ3) is 5.75. The molecule has 1 aliphatic rings. The number of aliphatic hydroxyl groups excluding tert-OH is 1. The molecule has 1 aliphatic carbocycles. The molecule has 27 heavy (non-hydrogen) atoms. The Hall–Kier alpha value is -1.48. The minimum Gasteiger partial charge on any atom is -0.382 e. The van der Waals surface area contributed by atoms with Gasteiger partial charge in [-0.15, -0.1) is 4.83 Å². The van der Waals surface area contributed by atoms with Gasteiger partial charge in [-0.1, -0.05) is 49.8 Å². The summed E-state index contributed by atoms with van der Waals surface area (Å²) < 4.78 is 25.1. The lowest BCUT2D eigenvalue weighted by Crippen LogP contribution is -2.52. The largest absolute Gasteiger partial charge is 0.382 e. The summed E-state index contributed by atoms with van der Waals surface area (Å²) in [5.74, 6) is -0.435. The number of hydrogen-bond acceptors (Lipinski definition) is 5. The topological polar surface area (TPSA) is 122 Å². The molecule has 2 rings (SSSR count). The zero-order chi connectivity index (χ0) is 20.2. The number of nitrogens with one attached hydrogen (secondary N) is 2. The number of hydrazine groups is 1. The maximum Gasteiger partial charge on any atom is 0.265 e. The predicted octanol–water partition coefficient (Wildman–Crippen LogP) is 1.58. The van der Waals surface area contributed by atoms with Crippen LogP contribution in [0.2, 0.25) is 0 Å². The van der Waals surface area contributed by atoms with Crippen LogP contribution in [0.3, 0.4) is 0 Å². The van der Waals surface area contributed by atoms with Crippen molar-refractivity contribution in [2.45, 2.75) is 76.3 Å². The highest BCUT2D eigenvalue weighted by Gasteiger charge is 2.28. The van der Waals surface area contributed by atoms with Gasteiger partial charge in [-0.2, -0.15) is 0 Å². The van der Waals surface area contributed by atoms with Crippen LogP contribution in [-0.2, 0) is 14.8 Å². The van der Waals surface area contributed by atoms with E-state index in [0.29, 0.717) is 23.5 Å². The van der Waals surface area contributed by atoms with E-state index >= 15 is 0 Å². The summed E-state index contributed by atoms with van der Waals surface area (Å²) in [4.78, 5) is 14.4. The van der Waals surface area contributed by atoms with Gasteiger partial charge in [0.1, 0.15) is 6.10 Å². The number of rotatable bonds is 7. The first-order valence-electron chi connectivity index (χ1n) is 9.45. The van der Waals surface area contributed by atoms with Crippen LogP contribution >= 0.6 is 0 Å². The Kier molecular flexibility index (Phi) is 7.39. The van der Waals surface area contributed by atoms with E-state index in [9.17, 15) is 18.3 Å². The number of carbonyl (C=O) groups is 1. The third-order valence-electron chi connectivity index (χ3n) is 5.19. The number of benzene rings is 1. The molecule has 0 spiro atoms. The second-order valence-electron chi connectivity index (χ2n) is 7.67. The van der Waals surface area contributed by atoms with Gasteiger partial charge in [-0.05, 0) is 44.2 Å². The van der Waals surface area contributed by atoms with E-state index in [0.717, 1.165) is 31.2 Å². The highest BCUT2D eigenvalue weighted by Crippen LogP contribution is 2.27. The lowest BCUT2D eigenvalue weighted by atomic mass is 9.84. The number of aryl methyl sites for hydroxylation is 3. The number of hydrogen-bond donors (Lipinski definition) is 4. The van der Waals surface area contributed by atoms with E-state index in [1.165, 1.54) is 6.42 Å². The normalized spacial score (nSPS) is 18.1. The van der Waals surface area contributed by atoms with Crippen LogP contribution in [0.1, 0.15) is 55.2 Å². The minimum atomic E-state index is -3.95. The monoisotopic (exact) mass is 397 g/mol. The quantitative estimate of drug-likeness (QED) is 0.521. The number of carbonyl (C=O) groups excluding carboxylic acids is 1. The van der Waals surface area contributed by atoms with E-state index < -0.39 is 28.1 Å². The lowest BCUT2D eigenvalue weighted by Gasteiger charge is -2.26. The van der Waals surface area contributed by atoms with Crippen LogP contribution in [0.5, 0.6) is 0 Å². The van der Waals surface area contributed by atoms with Crippen molar-refractivity contribution in [3.63, 3.8) is 0 Å². The van der Waals surface area contributed by atoms with Crippen LogP contribution in [-0.4, -0.2) is 31.6 Å². The van der Waals surface area contributed by atoms with Crippen molar-refractivity contribution in [3.8, 4) is 0 Å². The van der Waals surface area contributed by atoms with Gasteiger partial charge in [0.05, 0.1) is 4.90 Å². The van der Waals surface area contributed by atoms with Crippen LogP contribution < -0.4 is 16.0 Å². The zero-order valence-electron chi connectivity index (χ0n) is 16.3. The fourth-order valence-corrected chi connectivity index (χ4v) is 5.27. The molecule has 0 radical (unpaired) electrons. The molecule has 1 fully saturated rings. The second-order valence-corrected chi connectivity index (χ2v) is 9.29. The smallest absolute Gasteiger partial charge is 0.265 e. The third-order valence-corrected chi connectivity index (χ3v) is 6.74. The fraction of sp³-hybridized carbons (Fsp3) is 0.632. The summed E-state index contributed by atoms with van der Waals surface area (Å²) in [6, 6.07) is 2.80. The number of aliphatic hydroxyl groups is 1. The molecule has 1 aromatic rings. The molecule has 5 N–H and O–H groups in total. The average molecular weight is 398 g/mol. The molecule has 0 heterocycles. The van der Waals surface area contributed by atoms with Crippen molar-refractivity contribution in [3.05, 3.63) is 28.8 Å². The highest BCUT2D eigenvalue weighted by atomic mass is 32.2. The molecule has 1 aromatic carbocycles. The van der Waals surface area contributed by atoms with Crippen LogP contribution in [0.4, 0.5) is 0 Å². The van der Waals surface area contributed by atoms with Crippen molar-refractivity contribution >= 4 is 15.9 Å². The first-order valence-corrected chi connectivity index (χ1v) is 10.9. The molecular formula is C19H31N3O4S. The summed E-state index contributed by atoms with van der Waals surface area (Å²) in [6.07, 6.45) is 4.71. The first-order chi connectivity index (χ1) is 12.6. The molecule has 2 atom stereocenters. The Morgan fingerprint density at radius 2 is 1.74 bits per heavy atom. The molecule has 1 amide bonds. The number of nitrogens with two attached hydrogens (primary N) is 1. The van der Waals surface area contributed by atoms with Gasteiger partial charge in [-0.25, -0.2) is 8.42 Å². The Bertz CT molecular complexity index is 750. The van der Waals surface area contributed by atoms with Crippen molar-refractivity contribution in [1.29, 1.82) is 0 Å². The molecule has 1 unspecified atom stereocenters. The SMILES string of the molecule is Cc1cc(C)c(S(=O)(=O)NNC(=O)C(O)[C@H](N)CC2CCCCC2)c(C)c1. The summed E-state index contributed by atoms with van der Waals surface area (Å²) in [5.41, 5.74) is 10.2. The summed E-state index contributed by atoms with van der Waals surface area (Å²) in [5, 5.41) is 10.2. The lowest BCUT2D eigenvalue weighted by molar-refractivity contribution is -0.131. The molecule has 0 bridgehead atoms. The Morgan fingerprint density at radius 1 is 1.19 bits per heavy atom. The number of amides is 1. The van der Waals surface area contributed by atoms with Crippen molar-refractivity contribution in [2.75, 3.05) is 0 Å². The van der Waals surface area contributed by atoms with Crippen molar-refractivity contribution in [1.82, 2.24) is 10.3 Å². The molecular weight excluding hydrogens is 366 g/mol. The molecule has 1 saturated carbocycles. The van der Waals surface area contributed by atoms with Crippen LogP contribution in [0.15, 0.2) is 17.0 Å². The fourth-order valence-electron chi connectivity index (χ4n) is 3.96. The van der Waals surface area contributed by atoms with Crippen molar-refractivity contribution < 1.29 is 18.3 Å². The van der Waals surface area contributed by atoms with Gasteiger partial charge in [0.15, 0.2) is 0 Å². The van der Waals surface area contributed by atoms with E-state index in [-0.39, 0.29) is 4.90 Å². The highest BCUT2D eigenvalue weighted by molar-refractivity contribution is 7.89. The summed E-state index contributed by atoms with van der Waals surface area (Å²) in [6.45, 7) is 5.28. The summed E-state index contributed by atoms with van der Waals surface area (Å²) >= 11 is 0. The van der Waals surface area contributed by atoms with E-state index in [4.69, 9.17) is 5.73 Å². The van der Waals surface area contributed by atoms with Gasteiger partial charge in [0, 0.05) is 6.04 Å². The minimum absolute atomic E-state index is 0.120. The Labute approximate surface area is 161 Å². The van der Waals surface area contributed by atoms with Gasteiger partial charge in [0.25, 0.3) is 15.9 Å². The predicted molar refractivity (Wildman–Crippen MR) is 104 cm³/mol. The average Bonchev–Trinajstić information content (AvgIpc) is 2.58. The van der Waals surface area contributed by atoms with Gasteiger partial charge in [0.2, 0.25) is 0 Å². The molecule has 0 aromatic heterocycles. The zero-order valence-corrected chi connectivity index (χ0v) is 17.1. The van der Waals surface area contributed by atoms with E-state index in [1.807, 2.05) is 6.92 Å². The standard InChI is InChI=1S/C19H31N3O4S/c1-12-9-13(2)18(14(3)10-12)27(25,26)22-21-19(24)17(23)16(20)11-15-7-5-4-6-8-15/h9-10,15-17,22-23H,4-8,11,20H2,1-3H3,(H,21,24)/t16-,17?/m1/s1. The second kappa shape index (κ2) is 9.14. The molecule has 7 nitrogen and oxygen atoms in total. The van der Waals surface area contributed by atoms with Gasteiger partial charge >= 0.3 is 0 Å². The first kappa shape index (κ1) is 21.8. The number of sulfonamides is 1.